The van der Waals surface area contributed by atoms with Crippen LogP contribution in [0.15, 0.2) is 0 Å². The van der Waals surface area contributed by atoms with E-state index in [9.17, 15) is 4.79 Å². The number of nitrogens with zero attached hydrogens (tertiary/aromatic N) is 1. The molecule has 3 nitrogen and oxygen atoms in total. The van der Waals surface area contributed by atoms with Gasteiger partial charge < -0.3 is 10.2 Å². The molecule has 0 aromatic heterocycles. The van der Waals surface area contributed by atoms with E-state index in [1.165, 1.54) is 25.7 Å². The summed E-state index contributed by atoms with van der Waals surface area (Å²) in [6.07, 6.45) is 8.20. The van der Waals surface area contributed by atoms with Crippen molar-refractivity contribution in [1.29, 1.82) is 0 Å². The zero-order chi connectivity index (χ0) is 13.0. The van der Waals surface area contributed by atoms with E-state index < -0.39 is 0 Å². The summed E-state index contributed by atoms with van der Waals surface area (Å²) in [7, 11) is 2.01. The first-order chi connectivity index (χ1) is 8.72. The van der Waals surface area contributed by atoms with Crippen LogP contribution in [0.1, 0.15) is 51.9 Å². The molecule has 2 fully saturated rings. The lowest BCUT2D eigenvalue weighted by atomic mass is 9.66. The summed E-state index contributed by atoms with van der Waals surface area (Å²) < 4.78 is 0. The van der Waals surface area contributed by atoms with Crippen LogP contribution in [0.25, 0.3) is 0 Å². The molecule has 112 valence electrons. The Morgan fingerprint density at radius 2 is 1.95 bits per heavy atom. The quantitative estimate of drug-likeness (QED) is 0.844. The van der Waals surface area contributed by atoms with Gasteiger partial charge in [-0.15, -0.1) is 12.4 Å². The average Bonchev–Trinajstić information content (AvgIpc) is 2.36. The van der Waals surface area contributed by atoms with Crippen LogP contribution in [-0.2, 0) is 4.79 Å². The van der Waals surface area contributed by atoms with Gasteiger partial charge in [-0.05, 0) is 58.0 Å². The van der Waals surface area contributed by atoms with Crippen molar-refractivity contribution in [2.45, 2.75) is 51.9 Å². The van der Waals surface area contributed by atoms with E-state index in [0.717, 1.165) is 44.8 Å². The van der Waals surface area contributed by atoms with E-state index in [1.54, 1.807) is 0 Å². The third kappa shape index (κ3) is 3.63. The predicted octanol–water partition coefficient (Wildman–Crippen LogP) is 2.84. The van der Waals surface area contributed by atoms with Crippen molar-refractivity contribution in [3.63, 3.8) is 0 Å². The molecule has 1 N–H and O–H groups in total. The molecule has 0 radical (unpaired) electrons. The molecule has 0 atom stereocenters. The number of nitrogens with one attached hydrogen (secondary N) is 1. The summed E-state index contributed by atoms with van der Waals surface area (Å²) in [5.74, 6) is 1.28. The Morgan fingerprint density at radius 3 is 2.37 bits per heavy atom. The fraction of sp³-hybridized carbons (Fsp3) is 0.933. The van der Waals surface area contributed by atoms with Gasteiger partial charge in [0.15, 0.2) is 0 Å². The van der Waals surface area contributed by atoms with Crippen molar-refractivity contribution in [2.24, 2.45) is 11.3 Å². The summed E-state index contributed by atoms with van der Waals surface area (Å²) in [6, 6.07) is 0. The summed E-state index contributed by atoms with van der Waals surface area (Å²) in [6.45, 7) is 5.28. The maximum Gasteiger partial charge on any atom is 0.228 e. The minimum Gasteiger partial charge on any atom is -0.342 e. The van der Waals surface area contributed by atoms with Gasteiger partial charge in [0, 0.05) is 18.5 Å². The molecule has 0 bridgehead atoms. The summed E-state index contributed by atoms with van der Waals surface area (Å²) in [4.78, 5) is 14.7. The lowest BCUT2D eigenvalue weighted by Gasteiger charge is -2.45. The molecule has 1 aliphatic heterocycles. The SMILES string of the molecule is CCC1(C(=O)N2CCC(CCNC)CC2)CCC1.Cl. The van der Waals surface area contributed by atoms with Crippen molar-refractivity contribution >= 4 is 18.3 Å². The molecule has 0 spiro atoms. The van der Waals surface area contributed by atoms with Crippen LogP contribution < -0.4 is 5.32 Å². The molecular formula is C15H29ClN2O. The first-order valence-electron chi connectivity index (χ1n) is 7.66. The van der Waals surface area contributed by atoms with E-state index in [0.29, 0.717) is 5.91 Å². The number of hydrogen-bond acceptors (Lipinski definition) is 2. The molecule has 1 saturated heterocycles. The highest BCUT2D eigenvalue weighted by Crippen LogP contribution is 2.45. The van der Waals surface area contributed by atoms with E-state index in [2.05, 4.69) is 17.1 Å². The van der Waals surface area contributed by atoms with Gasteiger partial charge in [-0.2, -0.15) is 0 Å². The van der Waals surface area contributed by atoms with Crippen LogP contribution in [-0.4, -0.2) is 37.5 Å². The fourth-order valence-electron chi connectivity index (χ4n) is 3.43. The van der Waals surface area contributed by atoms with E-state index in [4.69, 9.17) is 0 Å². The van der Waals surface area contributed by atoms with Gasteiger partial charge in [0.25, 0.3) is 0 Å². The highest BCUT2D eigenvalue weighted by molar-refractivity contribution is 5.85. The van der Waals surface area contributed by atoms with Crippen LogP contribution in [0, 0.1) is 11.3 Å². The van der Waals surface area contributed by atoms with Crippen LogP contribution in [0.3, 0.4) is 0 Å². The number of likely N-dealkylation sites (tertiary alicyclic amines) is 1. The Hall–Kier alpha value is -0.280. The van der Waals surface area contributed by atoms with Crippen molar-refractivity contribution in [3.8, 4) is 0 Å². The van der Waals surface area contributed by atoms with Gasteiger partial charge in [-0.1, -0.05) is 13.3 Å². The Bertz CT molecular complexity index is 278. The summed E-state index contributed by atoms with van der Waals surface area (Å²) in [5.41, 5.74) is 0.0395. The Labute approximate surface area is 123 Å². The molecule has 0 aromatic carbocycles. The number of carbonyl (C=O) groups excluding carboxylic acids is 1. The molecule has 1 amide bonds. The van der Waals surface area contributed by atoms with Gasteiger partial charge in [-0.3, -0.25) is 4.79 Å². The summed E-state index contributed by atoms with van der Waals surface area (Å²) >= 11 is 0. The first kappa shape index (κ1) is 16.8. The molecule has 1 saturated carbocycles. The van der Waals surface area contributed by atoms with Crippen molar-refractivity contribution in [1.82, 2.24) is 10.2 Å². The monoisotopic (exact) mass is 288 g/mol. The van der Waals surface area contributed by atoms with Crippen LogP contribution in [0.2, 0.25) is 0 Å². The van der Waals surface area contributed by atoms with Crippen LogP contribution in [0.4, 0.5) is 0 Å². The Kier molecular flexibility index (Phi) is 6.61. The molecular weight excluding hydrogens is 260 g/mol. The zero-order valence-corrected chi connectivity index (χ0v) is 13.2. The normalized spacial score (nSPS) is 22.5. The van der Waals surface area contributed by atoms with Crippen molar-refractivity contribution in [3.05, 3.63) is 0 Å². The second-order valence-electron chi connectivity index (χ2n) is 6.12. The lowest BCUT2D eigenvalue weighted by molar-refractivity contribution is -0.149. The number of hydrogen-bond donors (Lipinski definition) is 1. The van der Waals surface area contributed by atoms with Crippen LogP contribution in [0.5, 0.6) is 0 Å². The maximum atomic E-state index is 12.6. The molecule has 1 heterocycles. The highest BCUT2D eigenvalue weighted by Gasteiger charge is 2.44. The molecule has 1 aliphatic carbocycles. The minimum absolute atomic E-state index is 0. The standard InChI is InChI=1S/C15H28N2O.ClH/c1-3-15(8-4-9-15)14(18)17-11-6-13(7-12-17)5-10-16-2;/h13,16H,3-12H2,1-2H3;1H. The maximum absolute atomic E-state index is 12.6. The number of rotatable bonds is 5. The van der Waals surface area contributed by atoms with Crippen molar-refractivity contribution < 1.29 is 4.79 Å². The number of amides is 1. The third-order valence-electron chi connectivity index (χ3n) is 5.15. The lowest BCUT2D eigenvalue weighted by Crippen LogP contribution is -2.50. The second kappa shape index (κ2) is 7.49. The van der Waals surface area contributed by atoms with E-state index in [1.807, 2.05) is 7.05 Å². The average molecular weight is 289 g/mol. The van der Waals surface area contributed by atoms with Gasteiger partial charge in [0.05, 0.1) is 0 Å². The highest BCUT2D eigenvalue weighted by atomic mass is 35.5. The Morgan fingerprint density at radius 1 is 1.32 bits per heavy atom. The minimum atomic E-state index is 0. The molecule has 2 aliphatic rings. The molecule has 2 rings (SSSR count). The number of carbonyl (C=O) groups is 1. The van der Waals surface area contributed by atoms with Crippen LogP contribution >= 0.6 is 12.4 Å². The third-order valence-corrected chi connectivity index (χ3v) is 5.15. The van der Waals surface area contributed by atoms with Gasteiger partial charge in [0.1, 0.15) is 0 Å². The zero-order valence-electron chi connectivity index (χ0n) is 12.4. The fourth-order valence-corrected chi connectivity index (χ4v) is 3.43. The van der Waals surface area contributed by atoms with E-state index in [-0.39, 0.29) is 17.8 Å². The first-order valence-corrected chi connectivity index (χ1v) is 7.66. The van der Waals surface area contributed by atoms with Gasteiger partial charge >= 0.3 is 0 Å². The largest absolute Gasteiger partial charge is 0.342 e. The molecule has 19 heavy (non-hydrogen) atoms. The topological polar surface area (TPSA) is 32.3 Å². The van der Waals surface area contributed by atoms with Gasteiger partial charge in [-0.25, -0.2) is 0 Å². The van der Waals surface area contributed by atoms with E-state index >= 15 is 0 Å². The Balaban J connectivity index is 0.00000180. The second-order valence-corrected chi connectivity index (χ2v) is 6.12. The summed E-state index contributed by atoms with van der Waals surface area (Å²) in [5, 5.41) is 3.22. The van der Waals surface area contributed by atoms with Gasteiger partial charge in [0.2, 0.25) is 5.91 Å². The molecule has 4 heteroatoms. The number of halogens is 1. The molecule has 0 unspecified atom stereocenters. The van der Waals surface area contributed by atoms with Crippen molar-refractivity contribution in [2.75, 3.05) is 26.7 Å². The molecule has 0 aromatic rings. The predicted molar refractivity (Wildman–Crippen MR) is 81.7 cm³/mol. The number of piperidine rings is 1. The smallest absolute Gasteiger partial charge is 0.228 e.